The summed E-state index contributed by atoms with van der Waals surface area (Å²) in [5, 5.41) is 19.2. The third kappa shape index (κ3) is 2.44. The van der Waals surface area contributed by atoms with Crippen LogP contribution in [0.1, 0.15) is 31.1 Å². The van der Waals surface area contributed by atoms with E-state index in [1.54, 1.807) is 24.4 Å². The van der Waals surface area contributed by atoms with E-state index < -0.39 is 12.5 Å². The molecular weight excluding hydrogens is 241 g/mol. The summed E-state index contributed by atoms with van der Waals surface area (Å²) >= 11 is 0. The SMILES string of the molecule is Cn1cc(C(=O)C(C)(C)C)c2cc(B(O)O)ccc21. The number of carbonyl (C=O) groups is 1. The topological polar surface area (TPSA) is 62.5 Å². The third-order valence-corrected chi connectivity index (χ3v) is 3.24. The molecule has 0 aliphatic carbocycles. The Labute approximate surface area is 112 Å². The van der Waals surface area contributed by atoms with E-state index >= 15 is 0 Å². The molecule has 2 N–H and O–H groups in total. The van der Waals surface area contributed by atoms with Crippen LogP contribution in [0, 0.1) is 5.41 Å². The number of benzene rings is 1. The summed E-state index contributed by atoms with van der Waals surface area (Å²) in [6.45, 7) is 5.62. The van der Waals surface area contributed by atoms with E-state index in [1.807, 2.05) is 32.4 Å². The van der Waals surface area contributed by atoms with E-state index in [2.05, 4.69) is 0 Å². The molecule has 2 rings (SSSR count). The Morgan fingerprint density at radius 2 is 1.89 bits per heavy atom. The molecule has 1 aromatic carbocycles. The maximum Gasteiger partial charge on any atom is 0.488 e. The Balaban J connectivity index is 2.68. The predicted octanol–water partition coefficient (Wildman–Crippen LogP) is 1.09. The first kappa shape index (κ1) is 13.8. The van der Waals surface area contributed by atoms with Crippen LogP contribution in [0.15, 0.2) is 24.4 Å². The van der Waals surface area contributed by atoms with Crippen molar-refractivity contribution < 1.29 is 14.8 Å². The fourth-order valence-electron chi connectivity index (χ4n) is 2.16. The van der Waals surface area contributed by atoms with Crippen molar-refractivity contribution >= 4 is 29.3 Å². The van der Waals surface area contributed by atoms with Crippen LogP contribution in [-0.2, 0) is 7.05 Å². The smallest absolute Gasteiger partial charge is 0.423 e. The minimum absolute atomic E-state index is 0.0441. The number of Topliss-reactive ketones (excluding diaryl/α,β-unsaturated/α-hetero) is 1. The highest BCUT2D eigenvalue weighted by atomic mass is 16.4. The van der Waals surface area contributed by atoms with E-state index in [0.717, 1.165) is 10.9 Å². The molecule has 0 saturated carbocycles. The fraction of sp³-hybridized carbons (Fsp3) is 0.357. The van der Waals surface area contributed by atoms with Crippen molar-refractivity contribution in [2.75, 3.05) is 0 Å². The molecule has 0 amide bonds. The van der Waals surface area contributed by atoms with Crippen molar-refractivity contribution in [2.24, 2.45) is 12.5 Å². The molecule has 1 heterocycles. The summed E-state index contributed by atoms with van der Waals surface area (Å²) in [6, 6.07) is 5.11. The normalized spacial score (nSPS) is 11.9. The van der Waals surface area contributed by atoms with E-state index in [0.29, 0.717) is 11.0 Å². The van der Waals surface area contributed by atoms with Crippen molar-refractivity contribution in [3.8, 4) is 0 Å². The fourth-order valence-corrected chi connectivity index (χ4v) is 2.16. The molecule has 4 nitrogen and oxygen atoms in total. The van der Waals surface area contributed by atoms with Gasteiger partial charge in [0.15, 0.2) is 5.78 Å². The van der Waals surface area contributed by atoms with Crippen molar-refractivity contribution in [3.05, 3.63) is 30.0 Å². The van der Waals surface area contributed by atoms with Crippen LogP contribution in [0.4, 0.5) is 0 Å². The van der Waals surface area contributed by atoms with Gasteiger partial charge in [-0.2, -0.15) is 0 Å². The van der Waals surface area contributed by atoms with Crippen LogP contribution < -0.4 is 5.46 Å². The van der Waals surface area contributed by atoms with Gasteiger partial charge in [-0.05, 0) is 11.5 Å². The van der Waals surface area contributed by atoms with Crippen LogP contribution in [0.25, 0.3) is 10.9 Å². The minimum atomic E-state index is -1.53. The third-order valence-electron chi connectivity index (χ3n) is 3.24. The Hall–Kier alpha value is -1.59. The molecule has 0 atom stereocenters. The minimum Gasteiger partial charge on any atom is -0.423 e. The largest absolute Gasteiger partial charge is 0.488 e. The van der Waals surface area contributed by atoms with E-state index in [9.17, 15) is 14.8 Å². The number of hydrogen-bond donors (Lipinski definition) is 2. The van der Waals surface area contributed by atoms with Gasteiger partial charge in [-0.15, -0.1) is 0 Å². The number of carbonyl (C=O) groups excluding carboxylic acids is 1. The molecule has 0 aliphatic heterocycles. The van der Waals surface area contributed by atoms with Crippen molar-refractivity contribution in [1.82, 2.24) is 4.57 Å². The standard InChI is InChI=1S/C14H18BNO3/c1-14(2,3)13(17)11-8-16(4)12-6-5-9(15(18)19)7-10(11)12/h5-8,18-19H,1-4H3. The van der Waals surface area contributed by atoms with Crippen molar-refractivity contribution in [2.45, 2.75) is 20.8 Å². The lowest BCUT2D eigenvalue weighted by Crippen LogP contribution is -2.29. The second kappa shape index (κ2) is 4.51. The summed E-state index contributed by atoms with van der Waals surface area (Å²) < 4.78 is 1.88. The molecule has 0 spiro atoms. The lowest BCUT2D eigenvalue weighted by Gasteiger charge is -2.15. The number of aryl methyl sites for hydroxylation is 1. The molecule has 0 radical (unpaired) electrons. The first-order valence-electron chi connectivity index (χ1n) is 6.21. The van der Waals surface area contributed by atoms with Gasteiger partial charge in [0.25, 0.3) is 0 Å². The maximum atomic E-state index is 12.4. The van der Waals surface area contributed by atoms with E-state index in [-0.39, 0.29) is 5.78 Å². The molecule has 2 aromatic rings. The summed E-state index contributed by atoms with van der Waals surface area (Å²) in [7, 11) is 0.346. The first-order valence-corrected chi connectivity index (χ1v) is 6.21. The molecular formula is C14H18BNO3. The predicted molar refractivity (Wildman–Crippen MR) is 76.5 cm³/mol. The van der Waals surface area contributed by atoms with E-state index in [4.69, 9.17) is 0 Å². The summed E-state index contributed by atoms with van der Waals surface area (Å²) in [4.78, 5) is 12.4. The van der Waals surface area contributed by atoms with Gasteiger partial charge >= 0.3 is 7.12 Å². The summed E-state index contributed by atoms with van der Waals surface area (Å²) in [6.07, 6.45) is 1.80. The number of nitrogens with zero attached hydrogens (tertiary/aromatic N) is 1. The second-order valence-corrected chi connectivity index (χ2v) is 5.88. The van der Waals surface area contributed by atoms with Gasteiger partial charge < -0.3 is 14.6 Å². The Morgan fingerprint density at radius 3 is 2.42 bits per heavy atom. The van der Waals surface area contributed by atoms with Crippen molar-refractivity contribution in [3.63, 3.8) is 0 Å². The van der Waals surface area contributed by atoms with Gasteiger partial charge in [-0.1, -0.05) is 32.9 Å². The van der Waals surface area contributed by atoms with Crippen LogP contribution in [0.3, 0.4) is 0 Å². The number of hydrogen-bond acceptors (Lipinski definition) is 3. The molecule has 100 valence electrons. The van der Waals surface area contributed by atoms with Crippen LogP contribution in [-0.4, -0.2) is 27.5 Å². The number of fused-ring (bicyclic) bond motifs is 1. The molecule has 0 unspecified atom stereocenters. The lowest BCUT2D eigenvalue weighted by molar-refractivity contribution is 0.0860. The van der Waals surface area contributed by atoms with Crippen LogP contribution in [0.5, 0.6) is 0 Å². The second-order valence-electron chi connectivity index (χ2n) is 5.88. The monoisotopic (exact) mass is 259 g/mol. The van der Waals surface area contributed by atoms with Gasteiger partial charge in [0, 0.05) is 35.1 Å². The molecule has 19 heavy (non-hydrogen) atoms. The molecule has 0 aliphatic rings. The highest BCUT2D eigenvalue weighted by Gasteiger charge is 2.26. The van der Waals surface area contributed by atoms with Crippen molar-refractivity contribution in [1.29, 1.82) is 0 Å². The van der Waals surface area contributed by atoms with Gasteiger partial charge in [0.2, 0.25) is 0 Å². The Morgan fingerprint density at radius 1 is 1.26 bits per heavy atom. The average molecular weight is 259 g/mol. The molecule has 5 heteroatoms. The summed E-state index contributed by atoms with van der Waals surface area (Å²) in [5.41, 5.74) is 1.44. The highest BCUT2D eigenvalue weighted by molar-refractivity contribution is 6.59. The van der Waals surface area contributed by atoms with Gasteiger partial charge in [0.05, 0.1) is 0 Å². The summed E-state index contributed by atoms with van der Waals surface area (Å²) in [5.74, 6) is 0.0441. The maximum absolute atomic E-state index is 12.4. The average Bonchev–Trinajstić information content (AvgIpc) is 2.64. The Bertz CT molecular complexity index is 638. The molecule has 0 saturated heterocycles. The Kier molecular flexibility index (Phi) is 3.28. The molecule has 0 fully saturated rings. The van der Waals surface area contributed by atoms with Crippen LogP contribution in [0.2, 0.25) is 0 Å². The highest BCUT2D eigenvalue weighted by Crippen LogP contribution is 2.27. The van der Waals surface area contributed by atoms with Gasteiger partial charge in [-0.25, -0.2) is 0 Å². The van der Waals surface area contributed by atoms with E-state index in [1.165, 1.54) is 0 Å². The van der Waals surface area contributed by atoms with Gasteiger partial charge in [-0.3, -0.25) is 4.79 Å². The zero-order valence-electron chi connectivity index (χ0n) is 11.6. The zero-order valence-corrected chi connectivity index (χ0v) is 11.6. The molecule has 1 aromatic heterocycles. The van der Waals surface area contributed by atoms with Crippen LogP contribution >= 0.6 is 0 Å². The quantitative estimate of drug-likeness (QED) is 0.626. The number of rotatable bonds is 2. The zero-order chi connectivity index (χ0) is 14.4. The first-order chi connectivity index (χ1) is 8.71. The molecule has 0 bridgehead atoms. The van der Waals surface area contributed by atoms with Gasteiger partial charge in [0.1, 0.15) is 0 Å². The lowest BCUT2D eigenvalue weighted by atomic mass is 9.79. The number of ketones is 1. The number of aromatic nitrogens is 1.